The van der Waals surface area contributed by atoms with E-state index in [4.69, 9.17) is 24.2 Å². The van der Waals surface area contributed by atoms with E-state index in [1.165, 1.54) is 34.6 Å². The number of hydrogen-bond acceptors (Lipinski definition) is 9. The van der Waals surface area contributed by atoms with Gasteiger partial charge in [0.1, 0.15) is 5.40 Å². The van der Waals surface area contributed by atoms with Gasteiger partial charge in [0.05, 0.1) is 39.7 Å². The van der Waals surface area contributed by atoms with Gasteiger partial charge in [0.2, 0.25) is 5.16 Å². The second-order valence-corrected chi connectivity index (χ2v) is 6.95. The fourth-order valence-corrected chi connectivity index (χ4v) is 3.26. The van der Waals surface area contributed by atoms with Gasteiger partial charge in [-0.3, -0.25) is 4.79 Å². The molecule has 0 aliphatic heterocycles. The normalized spacial score (nSPS) is 10.1. The number of rotatable bonds is 8. The van der Waals surface area contributed by atoms with Crippen LogP contribution in [0, 0.1) is 10.7 Å². The largest absolute Gasteiger partial charge is 0.493 e. The van der Waals surface area contributed by atoms with Crippen molar-refractivity contribution < 1.29 is 23.7 Å². The van der Waals surface area contributed by atoms with Gasteiger partial charge in [-0.2, -0.15) is 5.26 Å². The fourth-order valence-electron chi connectivity index (χ4n) is 2.94. The van der Waals surface area contributed by atoms with E-state index in [2.05, 4.69) is 15.3 Å². The minimum Gasteiger partial charge on any atom is -0.493 e. The van der Waals surface area contributed by atoms with Crippen LogP contribution in [0.4, 0.5) is 5.69 Å². The number of anilines is 1. The number of aromatic nitrogens is 2. The average Bonchev–Trinajstić information content (AvgIpc) is 2.83. The molecule has 1 aromatic heterocycles. The van der Waals surface area contributed by atoms with Gasteiger partial charge < -0.3 is 24.3 Å². The number of methoxy groups -OCH3 is 4. The maximum atomic E-state index is 13.1. The average molecular weight is 452 g/mol. The van der Waals surface area contributed by atoms with E-state index in [9.17, 15) is 4.79 Å². The molecule has 0 fully saturated rings. The summed E-state index contributed by atoms with van der Waals surface area (Å²) in [5.74, 6) is 1.59. The molecule has 1 amide bonds. The summed E-state index contributed by atoms with van der Waals surface area (Å²) >= 11 is 0.800. The molecule has 0 radical (unpaired) electrons. The third kappa shape index (κ3) is 4.84. The summed E-state index contributed by atoms with van der Waals surface area (Å²) in [5, 5.41) is 14.0. The first kappa shape index (κ1) is 22.7. The Bertz CT molecular complexity index is 1180. The molecular formula is C22H20N4O5S. The molecule has 3 rings (SSSR count). The van der Waals surface area contributed by atoms with Crippen molar-refractivity contribution in [1.82, 2.24) is 9.97 Å². The van der Waals surface area contributed by atoms with E-state index in [1.807, 2.05) is 5.40 Å². The Kier molecular flexibility index (Phi) is 7.36. The number of carbonyl (C=O) groups is 1. The Labute approximate surface area is 189 Å². The lowest BCUT2D eigenvalue weighted by Gasteiger charge is -2.14. The number of thioether (sulfide) groups is 1. The van der Waals surface area contributed by atoms with E-state index in [0.29, 0.717) is 39.9 Å². The summed E-state index contributed by atoms with van der Waals surface area (Å²) in [6, 6.07) is 10.2. The van der Waals surface area contributed by atoms with E-state index in [-0.39, 0.29) is 10.7 Å². The molecule has 0 aliphatic carbocycles. The molecule has 3 aromatic rings. The van der Waals surface area contributed by atoms with E-state index in [0.717, 1.165) is 11.8 Å². The zero-order chi connectivity index (χ0) is 23.1. The predicted octanol–water partition coefficient (Wildman–Crippen LogP) is 4.00. The van der Waals surface area contributed by atoms with Crippen molar-refractivity contribution in [3.8, 4) is 39.7 Å². The first-order chi connectivity index (χ1) is 15.5. The Morgan fingerprint density at radius 2 is 1.56 bits per heavy atom. The quantitative estimate of drug-likeness (QED) is 0.307. The Morgan fingerprint density at radius 1 is 0.938 bits per heavy atom. The number of ether oxygens (including phenoxy) is 4. The molecule has 1 heterocycles. The molecule has 10 heteroatoms. The molecule has 0 aliphatic rings. The van der Waals surface area contributed by atoms with E-state index in [1.54, 1.807) is 36.4 Å². The molecule has 0 bridgehead atoms. The number of amides is 1. The van der Waals surface area contributed by atoms with E-state index >= 15 is 0 Å². The minimum absolute atomic E-state index is 0.217. The molecule has 0 unspecified atom stereocenters. The number of hydrogen-bond donors (Lipinski definition) is 1. The van der Waals surface area contributed by atoms with Crippen LogP contribution in [-0.2, 0) is 0 Å². The summed E-state index contributed by atoms with van der Waals surface area (Å²) in [4.78, 5) is 21.7. The van der Waals surface area contributed by atoms with Crippen molar-refractivity contribution in [2.75, 3.05) is 33.8 Å². The lowest BCUT2D eigenvalue weighted by atomic mass is 10.1. The first-order valence-electron chi connectivity index (χ1n) is 9.23. The van der Waals surface area contributed by atoms with Crippen molar-refractivity contribution in [2.45, 2.75) is 5.16 Å². The van der Waals surface area contributed by atoms with Crippen molar-refractivity contribution >= 4 is 23.4 Å². The van der Waals surface area contributed by atoms with Crippen LogP contribution in [0.5, 0.6) is 23.0 Å². The summed E-state index contributed by atoms with van der Waals surface area (Å²) in [5.41, 5.74) is 1.66. The zero-order valence-corrected chi connectivity index (χ0v) is 18.6. The molecule has 9 nitrogen and oxygen atoms in total. The van der Waals surface area contributed by atoms with Crippen molar-refractivity contribution in [2.24, 2.45) is 0 Å². The van der Waals surface area contributed by atoms with Crippen LogP contribution >= 0.6 is 11.8 Å². The lowest BCUT2D eigenvalue weighted by molar-refractivity contribution is 0.102. The third-order valence-corrected chi connectivity index (χ3v) is 4.92. The molecule has 0 saturated heterocycles. The summed E-state index contributed by atoms with van der Waals surface area (Å²) in [7, 11) is 6.09. The topological polar surface area (TPSA) is 116 Å². The van der Waals surface area contributed by atoms with Crippen molar-refractivity contribution in [3.63, 3.8) is 0 Å². The van der Waals surface area contributed by atoms with E-state index < -0.39 is 5.91 Å². The fraction of sp³-hybridized carbons (Fsp3) is 0.182. The van der Waals surface area contributed by atoms with Gasteiger partial charge in [-0.25, -0.2) is 9.97 Å². The SMILES string of the molecule is COc1ccc(NC(=O)c2cnc(SC#N)nc2-c2ccc(OC)c(OC)c2)cc1OC. The Morgan fingerprint density at radius 3 is 2.19 bits per heavy atom. The van der Waals surface area contributed by atoms with Crippen LogP contribution < -0.4 is 24.3 Å². The smallest absolute Gasteiger partial charge is 0.259 e. The number of benzene rings is 2. The third-order valence-electron chi connectivity index (χ3n) is 4.45. The number of thiocyanates is 1. The van der Waals surface area contributed by atoms with Gasteiger partial charge in [-0.15, -0.1) is 0 Å². The van der Waals surface area contributed by atoms with Crippen LogP contribution in [0.25, 0.3) is 11.3 Å². The highest BCUT2D eigenvalue weighted by Crippen LogP contribution is 2.34. The van der Waals surface area contributed by atoms with Gasteiger partial charge in [-0.05, 0) is 30.3 Å². The van der Waals surface area contributed by atoms with Gasteiger partial charge in [0.25, 0.3) is 5.91 Å². The Balaban J connectivity index is 2.03. The Hall–Kier alpha value is -3.97. The highest BCUT2D eigenvalue weighted by molar-refractivity contribution is 8.03. The standard InChI is InChI=1S/C22H20N4O5S/c1-28-16-7-5-13(9-18(16)30-3)20-15(11-24-22(26-20)32-12-23)21(27)25-14-6-8-17(29-2)19(10-14)31-4/h5-11H,1-4H3,(H,25,27). The number of nitrogens with one attached hydrogen (secondary N) is 1. The second kappa shape index (κ2) is 10.4. The highest BCUT2D eigenvalue weighted by atomic mass is 32.2. The molecular weight excluding hydrogens is 432 g/mol. The summed E-state index contributed by atoms with van der Waals surface area (Å²) in [6.45, 7) is 0. The highest BCUT2D eigenvalue weighted by Gasteiger charge is 2.19. The molecule has 2 aromatic carbocycles. The predicted molar refractivity (Wildman–Crippen MR) is 120 cm³/mol. The monoisotopic (exact) mass is 452 g/mol. The van der Waals surface area contributed by atoms with Crippen LogP contribution in [-0.4, -0.2) is 44.3 Å². The van der Waals surface area contributed by atoms with Crippen molar-refractivity contribution in [3.05, 3.63) is 48.2 Å². The van der Waals surface area contributed by atoms with Gasteiger partial charge >= 0.3 is 0 Å². The van der Waals surface area contributed by atoms with Crippen LogP contribution in [0.2, 0.25) is 0 Å². The van der Waals surface area contributed by atoms with Gasteiger partial charge in [0, 0.05) is 35.3 Å². The number of nitriles is 1. The number of carbonyl (C=O) groups excluding carboxylic acids is 1. The van der Waals surface area contributed by atoms with Crippen molar-refractivity contribution in [1.29, 1.82) is 5.26 Å². The molecule has 0 spiro atoms. The van der Waals surface area contributed by atoms with Gasteiger partial charge in [0.15, 0.2) is 23.0 Å². The first-order valence-corrected chi connectivity index (χ1v) is 10.0. The molecule has 0 atom stereocenters. The zero-order valence-electron chi connectivity index (χ0n) is 17.8. The molecule has 1 N–H and O–H groups in total. The maximum Gasteiger partial charge on any atom is 0.259 e. The molecule has 164 valence electrons. The summed E-state index contributed by atoms with van der Waals surface area (Å²) < 4.78 is 21.2. The molecule has 0 saturated carbocycles. The van der Waals surface area contributed by atoms with Gasteiger partial charge in [-0.1, -0.05) is 0 Å². The minimum atomic E-state index is -0.435. The second-order valence-electron chi connectivity index (χ2n) is 6.20. The maximum absolute atomic E-state index is 13.1. The summed E-state index contributed by atoms with van der Waals surface area (Å²) in [6.07, 6.45) is 1.38. The molecule has 32 heavy (non-hydrogen) atoms. The lowest BCUT2D eigenvalue weighted by Crippen LogP contribution is -2.15. The van der Waals surface area contributed by atoms with Crippen LogP contribution in [0.3, 0.4) is 0 Å². The van der Waals surface area contributed by atoms with Crippen LogP contribution in [0.1, 0.15) is 10.4 Å². The van der Waals surface area contributed by atoms with Crippen LogP contribution in [0.15, 0.2) is 47.8 Å². The number of nitrogens with zero attached hydrogens (tertiary/aromatic N) is 3.